The predicted octanol–water partition coefficient (Wildman–Crippen LogP) is 7.83. The molecule has 0 aliphatic heterocycles. The monoisotopic (exact) mass is 492 g/mol. The van der Waals surface area contributed by atoms with Gasteiger partial charge in [-0.25, -0.2) is 0 Å². The van der Waals surface area contributed by atoms with Crippen molar-refractivity contribution in [2.45, 2.75) is 26.9 Å². The first-order valence-corrected chi connectivity index (χ1v) is 10.5. The molecule has 0 atom stereocenters. The zero-order valence-electron chi connectivity index (χ0n) is 18.4. The Balaban J connectivity index is 1.99. The third kappa shape index (κ3) is 5.85. The molecule has 0 N–H and O–H groups in total. The first-order chi connectivity index (χ1) is 16.0. The average molecular weight is 493 g/mol. The lowest BCUT2D eigenvalue weighted by atomic mass is 10.1. The van der Waals surface area contributed by atoms with Gasteiger partial charge < -0.3 is 9.47 Å². The van der Waals surface area contributed by atoms with Crippen molar-refractivity contribution in [3.05, 3.63) is 85.9 Å². The Kier molecular flexibility index (Phi) is 7.46. The topological polar surface area (TPSA) is 74.0 Å². The highest BCUT2D eigenvalue weighted by Crippen LogP contribution is 2.43. The number of nitro benzene ring substituents is 1. The number of alkyl halides is 3. The molecular weight excluding hydrogens is 473 g/mol. The van der Waals surface area contributed by atoms with Crippen LogP contribution in [0.4, 0.5) is 24.5 Å². The molecule has 0 heterocycles. The maximum atomic E-state index is 13.0. The number of rotatable bonds is 7. The number of nitrogens with zero attached hydrogens (tertiary/aromatic N) is 2. The van der Waals surface area contributed by atoms with E-state index in [9.17, 15) is 23.3 Å². The van der Waals surface area contributed by atoms with Crippen molar-refractivity contribution in [3.63, 3.8) is 0 Å². The summed E-state index contributed by atoms with van der Waals surface area (Å²) >= 11 is 6.37. The van der Waals surface area contributed by atoms with Crippen LogP contribution in [-0.2, 0) is 6.18 Å². The highest BCUT2D eigenvalue weighted by molar-refractivity contribution is 6.32. The molecule has 0 aromatic heterocycles. The molecule has 0 radical (unpaired) electrons. The summed E-state index contributed by atoms with van der Waals surface area (Å²) in [5.74, 6) is -0.307. The van der Waals surface area contributed by atoms with E-state index in [2.05, 4.69) is 4.99 Å². The van der Waals surface area contributed by atoms with E-state index >= 15 is 0 Å². The molecule has 178 valence electrons. The number of aliphatic imine (C=N–C) groups is 1. The Bertz CT molecular complexity index is 1260. The number of aryl methyl sites for hydroxylation is 2. The van der Waals surface area contributed by atoms with Crippen molar-refractivity contribution in [3.8, 4) is 17.2 Å². The van der Waals surface area contributed by atoms with Crippen LogP contribution in [0.1, 0.15) is 29.2 Å². The lowest BCUT2D eigenvalue weighted by Crippen LogP contribution is -2.06. The second kappa shape index (κ2) is 10.1. The zero-order valence-corrected chi connectivity index (χ0v) is 19.2. The number of nitro groups is 1. The number of hydrogen-bond donors (Lipinski definition) is 0. The van der Waals surface area contributed by atoms with Crippen molar-refractivity contribution < 1.29 is 27.6 Å². The molecule has 3 rings (SSSR count). The van der Waals surface area contributed by atoms with Gasteiger partial charge in [0.15, 0.2) is 11.5 Å². The van der Waals surface area contributed by atoms with Gasteiger partial charge in [-0.15, -0.1) is 0 Å². The van der Waals surface area contributed by atoms with Crippen LogP contribution in [-0.4, -0.2) is 17.7 Å². The molecule has 0 bridgehead atoms. The molecule has 0 unspecified atom stereocenters. The highest BCUT2D eigenvalue weighted by atomic mass is 35.5. The molecule has 0 aliphatic rings. The third-order valence-electron chi connectivity index (χ3n) is 4.73. The van der Waals surface area contributed by atoms with Crippen molar-refractivity contribution >= 4 is 29.2 Å². The summed E-state index contributed by atoms with van der Waals surface area (Å²) in [5.41, 5.74) is 1.41. The predicted molar refractivity (Wildman–Crippen MR) is 124 cm³/mol. The zero-order chi connectivity index (χ0) is 25.0. The molecule has 0 saturated heterocycles. The highest BCUT2D eigenvalue weighted by Gasteiger charge is 2.33. The van der Waals surface area contributed by atoms with E-state index in [1.807, 2.05) is 32.0 Å². The molecule has 10 heteroatoms. The van der Waals surface area contributed by atoms with E-state index in [0.29, 0.717) is 17.7 Å². The summed E-state index contributed by atoms with van der Waals surface area (Å²) in [5, 5.41) is 11.4. The smallest absolute Gasteiger partial charge is 0.416 e. The molecule has 0 saturated carbocycles. The molecular formula is C24H20ClF3N2O4. The van der Waals surface area contributed by atoms with Gasteiger partial charge in [0.05, 0.1) is 27.8 Å². The van der Waals surface area contributed by atoms with Gasteiger partial charge in [0.1, 0.15) is 0 Å². The molecule has 0 aliphatic carbocycles. The fourth-order valence-electron chi connectivity index (χ4n) is 3.15. The van der Waals surface area contributed by atoms with Crippen molar-refractivity contribution in [1.82, 2.24) is 0 Å². The minimum atomic E-state index is -4.74. The number of halogens is 4. The van der Waals surface area contributed by atoms with Gasteiger partial charge in [0, 0.05) is 12.3 Å². The Morgan fingerprint density at radius 1 is 1.09 bits per heavy atom. The minimum absolute atomic E-state index is 0.0437. The maximum absolute atomic E-state index is 13.0. The van der Waals surface area contributed by atoms with E-state index in [1.54, 1.807) is 19.2 Å². The van der Waals surface area contributed by atoms with Gasteiger partial charge in [0.2, 0.25) is 5.75 Å². The van der Waals surface area contributed by atoms with Gasteiger partial charge in [-0.2, -0.15) is 13.2 Å². The fraction of sp³-hybridized carbons (Fsp3) is 0.208. The van der Waals surface area contributed by atoms with Gasteiger partial charge >= 0.3 is 11.9 Å². The molecule has 0 spiro atoms. The van der Waals surface area contributed by atoms with E-state index in [1.165, 1.54) is 6.07 Å². The van der Waals surface area contributed by atoms with Crippen LogP contribution in [0, 0.1) is 24.0 Å². The van der Waals surface area contributed by atoms with Crippen LogP contribution < -0.4 is 9.47 Å². The summed E-state index contributed by atoms with van der Waals surface area (Å²) in [4.78, 5) is 14.9. The average Bonchev–Trinajstić information content (AvgIpc) is 2.75. The Labute approximate surface area is 198 Å². The van der Waals surface area contributed by atoms with E-state index < -0.39 is 28.1 Å². The van der Waals surface area contributed by atoms with Crippen molar-refractivity contribution in [2.75, 3.05) is 6.61 Å². The summed E-state index contributed by atoms with van der Waals surface area (Å²) < 4.78 is 50.1. The molecule has 3 aromatic rings. The van der Waals surface area contributed by atoms with Crippen LogP contribution in [0.5, 0.6) is 17.2 Å². The second-order valence-electron chi connectivity index (χ2n) is 7.35. The second-order valence-corrected chi connectivity index (χ2v) is 7.76. The Morgan fingerprint density at radius 3 is 2.44 bits per heavy atom. The molecule has 6 nitrogen and oxygen atoms in total. The molecule has 3 aromatic carbocycles. The molecule has 0 fully saturated rings. The van der Waals surface area contributed by atoms with Crippen LogP contribution in [0.15, 0.2) is 53.5 Å². The standard InChI is InChI=1S/C24H20ClF3N2O4/c1-4-33-22-11-16(13-29-19-7-5-14(2)9-15(19)3)10-18(25)23(22)34-21-8-6-17(24(26,27)28)12-20(21)30(31)32/h5-13H,4H2,1-3H3. The normalized spacial score (nSPS) is 11.6. The maximum Gasteiger partial charge on any atom is 0.416 e. The lowest BCUT2D eigenvalue weighted by Gasteiger charge is -2.15. The SMILES string of the molecule is CCOc1cc(C=Nc2ccc(C)cc2C)cc(Cl)c1Oc1ccc(C(F)(F)F)cc1[N+](=O)[O-]. The van der Waals surface area contributed by atoms with Crippen LogP contribution in [0.25, 0.3) is 0 Å². The number of benzene rings is 3. The quantitative estimate of drug-likeness (QED) is 0.191. The summed E-state index contributed by atoms with van der Waals surface area (Å²) in [6, 6.07) is 10.9. The van der Waals surface area contributed by atoms with Crippen LogP contribution in [0.3, 0.4) is 0 Å². The van der Waals surface area contributed by atoms with Gasteiger partial charge in [-0.05, 0) is 62.2 Å². The van der Waals surface area contributed by atoms with E-state index in [0.717, 1.165) is 22.9 Å². The van der Waals surface area contributed by atoms with Crippen molar-refractivity contribution in [1.29, 1.82) is 0 Å². The largest absolute Gasteiger partial charge is 0.490 e. The summed E-state index contributed by atoms with van der Waals surface area (Å²) in [6.07, 6.45) is -3.16. The Morgan fingerprint density at radius 2 is 1.82 bits per heavy atom. The fourth-order valence-corrected chi connectivity index (χ4v) is 3.41. The summed E-state index contributed by atoms with van der Waals surface area (Å²) in [7, 11) is 0. The lowest BCUT2D eigenvalue weighted by molar-refractivity contribution is -0.385. The Hall–Kier alpha value is -3.59. The van der Waals surface area contributed by atoms with Gasteiger partial charge in [0.25, 0.3) is 0 Å². The van der Waals surface area contributed by atoms with Gasteiger partial charge in [-0.3, -0.25) is 15.1 Å². The minimum Gasteiger partial charge on any atom is -0.490 e. The van der Waals surface area contributed by atoms with Crippen molar-refractivity contribution in [2.24, 2.45) is 4.99 Å². The van der Waals surface area contributed by atoms with Crippen LogP contribution >= 0.6 is 11.6 Å². The van der Waals surface area contributed by atoms with E-state index in [4.69, 9.17) is 21.1 Å². The molecule has 34 heavy (non-hydrogen) atoms. The third-order valence-corrected chi connectivity index (χ3v) is 5.01. The van der Waals surface area contributed by atoms with Crippen LogP contribution in [0.2, 0.25) is 5.02 Å². The molecule has 0 amide bonds. The summed E-state index contributed by atoms with van der Waals surface area (Å²) in [6.45, 7) is 5.86. The first-order valence-electron chi connectivity index (χ1n) is 10.1. The number of hydrogen-bond acceptors (Lipinski definition) is 5. The van der Waals surface area contributed by atoms with Gasteiger partial charge in [-0.1, -0.05) is 29.3 Å². The first kappa shape index (κ1) is 25.0. The number of ether oxygens (including phenoxy) is 2. The van der Waals surface area contributed by atoms with E-state index in [-0.39, 0.29) is 23.1 Å².